The highest BCUT2D eigenvalue weighted by Crippen LogP contribution is 2.32. The van der Waals surface area contributed by atoms with Gasteiger partial charge in [0.2, 0.25) is 0 Å². The Balaban J connectivity index is 2.10. The van der Waals surface area contributed by atoms with Crippen molar-refractivity contribution in [1.29, 1.82) is 0 Å². The Hall–Kier alpha value is -1.77. The van der Waals surface area contributed by atoms with Gasteiger partial charge in [-0.05, 0) is 24.6 Å². The lowest BCUT2D eigenvalue weighted by atomic mass is 10.1. The third-order valence-electron chi connectivity index (χ3n) is 2.53. The van der Waals surface area contributed by atoms with Gasteiger partial charge in [-0.25, -0.2) is 4.79 Å². The lowest BCUT2D eigenvalue weighted by Gasteiger charge is -2.09. The van der Waals surface area contributed by atoms with E-state index in [-0.39, 0.29) is 12.1 Å². The van der Waals surface area contributed by atoms with Gasteiger partial charge in [0.15, 0.2) is 0 Å². The summed E-state index contributed by atoms with van der Waals surface area (Å²) < 4.78 is 10.5. The summed E-state index contributed by atoms with van der Waals surface area (Å²) in [5.74, 6) is 0.535. The Labute approximate surface area is 94.7 Å². The second kappa shape index (κ2) is 4.39. The second-order valence-corrected chi connectivity index (χ2v) is 3.70. The molecule has 84 valence electrons. The molecule has 0 N–H and O–H groups in total. The van der Waals surface area contributed by atoms with E-state index >= 15 is 0 Å². The largest absolute Gasteiger partial charge is 0.494 e. The van der Waals surface area contributed by atoms with Crippen LogP contribution in [0.1, 0.15) is 25.0 Å². The van der Waals surface area contributed by atoms with Crippen LogP contribution >= 0.6 is 0 Å². The predicted molar refractivity (Wildman–Crippen MR) is 60.2 cm³/mol. The second-order valence-electron chi connectivity index (χ2n) is 3.70. The van der Waals surface area contributed by atoms with Crippen LogP contribution in [-0.2, 0) is 9.53 Å². The molecule has 3 heteroatoms. The minimum atomic E-state index is -0.293. The Kier molecular flexibility index (Phi) is 2.95. The first-order chi connectivity index (χ1) is 7.70. The van der Waals surface area contributed by atoms with Gasteiger partial charge < -0.3 is 9.47 Å². The molecule has 1 aromatic rings. The predicted octanol–water partition coefficient (Wildman–Crippen LogP) is 2.63. The average molecular weight is 218 g/mol. The molecule has 1 heterocycles. The molecule has 2 rings (SSSR count). The number of rotatable bonds is 3. The molecule has 0 spiro atoms. The van der Waals surface area contributed by atoms with Crippen molar-refractivity contribution in [3.63, 3.8) is 0 Å². The maximum atomic E-state index is 11.2. The van der Waals surface area contributed by atoms with E-state index in [0.717, 1.165) is 11.3 Å². The van der Waals surface area contributed by atoms with Crippen LogP contribution in [0.2, 0.25) is 0 Å². The molecule has 1 aromatic carbocycles. The van der Waals surface area contributed by atoms with Crippen molar-refractivity contribution in [3.05, 3.63) is 42.0 Å². The fourth-order valence-corrected chi connectivity index (χ4v) is 1.69. The minimum absolute atomic E-state index is 0.185. The van der Waals surface area contributed by atoms with Crippen LogP contribution in [0.4, 0.5) is 0 Å². The molecular weight excluding hydrogens is 204 g/mol. The Morgan fingerprint density at radius 2 is 2.12 bits per heavy atom. The first-order valence-corrected chi connectivity index (χ1v) is 5.32. The third-order valence-corrected chi connectivity index (χ3v) is 2.53. The summed E-state index contributed by atoms with van der Waals surface area (Å²) in [7, 11) is 0. The lowest BCUT2D eigenvalue weighted by molar-refractivity contribution is -0.139. The molecule has 3 nitrogen and oxygen atoms in total. The molecule has 1 atom stereocenters. The summed E-state index contributed by atoms with van der Waals surface area (Å²) in [6.45, 7) is 6.25. The van der Waals surface area contributed by atoms with Crippen LogP contribution in [0.25, 0.3) is 0 Å². The van der Waals surface area contributed by atoms with Gasteiger partial charge in [0.1, 0.15) is 11.9 Å². The number of esters is 1. The highest BCUT2D eigenvalue weighted by molar-refractivity contribution is 5.90. The maximum Gasteiger partial charge on any atom is 0.334 e. The van der Waals surface area contributed by atoms with Gasteiger partial charge >= 0.3 is 5.97 Å². The molecule has 0 bridgehead atoms. The van der Waals surface area contributed by atoms with E-state index in [1.165, 1.54) is 0 Å². The summed E-state index contributed by atoms with van der Waals surface area (Å²) in [6.07, 6.45) is 0.392. The quantitative estimate of drug-likeness (QED) is 0.578. The molecule has 1 fully saturated rings. The van der Waals surface area contributed by atoms with Crippen LogP contribution in [-0.4, -0.2) is 12.6 Å². The number of cyclic esters (lactones) is 1. The SMILES string of the molecule is C=C1CC(c2ccc(OCC)cc2)OC1=O. The van der Waals surface area contributed by atoms with Gasteiger partial charge in [-0.2, -0.15) is 0 Å². The minimum Gasteiger partial charge on any atom is -0.494 e. The number of carbonyl (C=O) groups excluding carboxylic acids is 1. The number of hydrogen-bond donors (Lipinski definition) is 0. The van der Waals surface area contributed by atoms with E-state index in [2.05, 4.69) is 6.58 Å². The van der Waals surface area contributed by atoms with Gasteiger partial charge in [0, 0.05) is 12.0 Å². The number of carbonyl (C=O) groups is 1. The van der Waals surface area contributed by atoms with E-state index in [1.54, 1.807) is 0 Å². The van der Waals surface area contributed by atoms with Gasteiger partial charge in [-0.3, -0.25) is 0 Å². The third kappa shape index (κ3) is 2.08. The zero-order valence-electron chi connectivity index (χ0n) is 9.23. The molecule has 1 aliphatic rings. The first-order valence-electron chi connectivity index (χ1n) is 5.32. The van der Waals surface area contributed by atoms with Crippen molar-refractivity contribution in [1.82, 2.24) is 0 Å². The number of benzene rings is 1. The smallest absolute Gasteiger partial charge is 0.334 e. The first kappa shape index (κ1) is 10.7. The summed E-state index contributed by atoms with van der Waals surface area (Å²) in [5, 5.41) is 0. The molecule has 0 saturated carbocycles. The van der Waals surface area contributed by atoms with Crippen LogP contribution in [0.15, 0.2) is 36.4 Å². The van der Waals surface area contributed by atoms with Gasteiger partial charge in [0.05, 0.1) is 6.61 Å². The number of hydrogen-bond acceptors (Lipinski definition) is 3. The number of ether oxygens (including phenoxy) is 2. The Morgan fingerprint density at radius 1 is 1.44 bits per heavy atom. The van der Waals surface area contributed by atoms with Crippen molar-refractivity contribution in [3.8, 4) is 5.75 Å². The van der Waals surface area contributed by atoms with Gasteiger partial charge in [0.25, 0.3) is 0 Å². The van der Waals surface area contributed by atoms with E-state index < -0.39 is 0 Å². The van der Waals surface area contributed by atoms with Gasteiger partial charge in [-0.1, -0.05) is 18.7 Å². The Morgan fingerprint density at radius 3 is 2.62 bits per heavy atom. The zero-order valence-corrected chi connectivity index (χ0v) is 9.23. The van der Waals surface area contributed by atoms with Crippen molar-refractivity contribution < 1.29 is 14.3 Å². The van der Waals surface area contributed by atoms with Gasteiger partial charge in [-0.15, -0.1) is 0 Å². The zero-order chi connectivity index (χ0) is 11.5. The summed E-state index contributed by atoms with van der Waals surface area (Å²) in [6, 6.07) is 7.60. The molecule has 0 aromatic heterocycles. The monoisotopic (exact) mass is 218 g/mol. The highest BCUT2D eigenvalue weighted by Gasteiger charge is 2.28. The molecule has 1 aliphatic heterocycles. The van der Waals surface area contributed by atoms with Crippen molar-refractivity contribution in [2.24, 2.45) is 0 Å². The summed E-state index contributed by atoms with van der Waals surface area (Å²) in [5.41, 5.74) is 1.52. The standard InChI is InChI=1S/C13H14O3/c1-3-15-11-6-4-10(5-7-11)12-8-9(2)13(14)16-12/h4-7,12H,2-3,8H2,1H3. The fraction of sp³-hybridized carbons (Fsp3) is 0.308. The van der Waals surface area contributed by atoms with Crippen molar-refractivity contribution in [2.45, 2.75) is 19.4 Å². The topological polar surface area (TPSA) is 35.5 Å². The van der Waals surface area contributed by atoms with Crippen LogP contribution < -0.4 is 4.74 Å². The van der Waals surface area contributed by atoms with E-state index in [4.69, 9.17) is 9.47 Å². The molecule has 0 amide bonds. The Bertz CT molecular complexity index is 390. The highest BCUT2D eigenvalue weighted by atomic mass is 16.5. The molecule has 16 heavy (non-hydrogen) atoms. The van der Waals surface area contributed by atoms with Crippen molar-refractivity contribution >= 4 is 5.97 Å². The normalized spacial score (nSPS) is 19.7. The molecular formula is C13H14O3. The van der Waals surface area contributed by atoms with Crippen LogP contribution in [0.3, 0.4) is 0 Å². The molecule has 0 radical (unpaired) electrons. The fourth-order valence-electron chi connectivity index (χ4n) is 1.69. The van der Waals surface area contributed by atoms with E-state index in [1.807, 2.05) is 31.2 Å². The summed E-state index contributed by atoms with van der Waals surface area (Å²) >= 11 is 0. The lowest BCUT2D eigenvalue weighted by Crippen LogP contribution is -1.99. The van der Waals surface area contributed by atoms with E-state index in [0.29, 0.717) is 18.6 Å². The summed E-state index contributed by atoms with van der Waals surface area (Å²) in [4.78, 5) is 11.2. The molecule has 0 aliphatic carbocycles. The average Bonchev–Trinajstić information content (AvgIpc) is 2.61. The van der Waals surface area contributed by atoms with Crippen molar-refractivity contribution in [2.75, 3.05) is 6.61 Å². The molecule has 1 unspecified atom stereocenters. The maximum absolute atomic E-state index is 11.2. The molecule has 1 saturated heterocycles. The van der Waals surface area contributed by atoms with Crippen LogP contribution in [0, 0.1) is 0 Å². The van der Waals surface area contributed by atoms with Crippen LogP contribution in [0.5, 0.6) is 5.75 Å². The van der Waals surface area contributed by atoms with E-state index in [9.17, 15) is 4.79 Å².